The van der Waals surface area contributed by atoms with Crippen LogP contribution in [0.3, 0.4) is 0 Å². The maximum Gasteiger partial charge on any atom is 0.307 e. The van der Waals surface area contributed by atoms with E-state index in [0.29, 0.717) is 18.5 Å². The van der Waals surface area contributed by atoms with E-state index in [-0.39, 0.29) is 17.6 Å². The summed E-state index contributed by atoms with van der Waals surface area (Å²) in [7, 11) is 0. The maximum absolute atomic E-state index is 13.2. The van der Waals surface area contributed by atoms with E-state index in [4.69, 9.17) is 0 Å². The van der Waals surface area contributed by atoms with Gasteiger partial charge in [0, 0.05) is 21.4 Å². The Morgan fingerprint density at radius 3 is 2.00 bits per heavy atom. The van der Waals surface area contributed by atoms with Gasteiger partial charge < -0.3 is 10.4 Å². The summed E-state index contributed by atoms with van der Waals surface area (Å²) in [6.07, 6.45) is 4.46. The summed E-state index contributed by atoms with van der Waals surface area (Å²) in [5.41, 5.74) is 2.40. The monoisotopic (exact) mass is 484 g/mol. The van der Waals surface area contributed by atoms with Crippen LogP contribution in [0.2, 0.25) is 0 Å². The second kappa shape index (κ2) is 9.80. The zero-order valence-electron chi connectivity index (χ0n) is 18.9. The van der Waals surface area contributed by atoms with Gasteiger partial charge in [0.05, 0.1) is 28.6 Å². The molecule has 4 aromatic rings. The summed E-state index contributed by atoms with van der Waals surface area (Å²) in [6.45, 7) is 0. The van der Waals surface area contributed by atoms with Crippen LogP contribution < -0.4 is 5.32 Å². The number of nitrogens with one attached hydrogen (secondary N) is 1. The van der Waals surface area contributed by atoms with Crippen molar-refractivity contribution in [1.29, 1.82) is 0 Å². The van der Waals surface area contributed by atoms with Gasteiger partial charge in [-0.05, 0) is 49.2 Å². The minimum atomic E-state index is -0.950. The number of para-hydroxylation sites is 2. The Morgan fingerprint density at radius 1 is 0.829 bits per heavy atom. The number of thioether (sulfide) groups is 1. The van der Waals surface area contributed by atoms with E-state index in [2.05, 4.69) is 5.32 Å². The highest BCUT2D eigenvalue weighted by Gasteiger charge is 2.33. The Hall–Kier alpha value is -3.84. The summed E-state index contributed by atoms with van der Waals surface area (Å²) in [5.74, 6) is -2.27. The van der Waals surface area contributed by atoms with Crippen LogP contribution in [0.5, 0.6) is 0 Å². The zero-order chi connectivity index (χ0) is 24.4. The van der Waals surface area contributed by atoms with Gasteiger partial charge in [0.1, 0.15) is 0 Å². The average Bonchev–Trinajstić information content (AvgIpc) is 3.22. The lowest BCUT2D eigenvalue weighted by Crippen LogP contribution is -2.34. The van der Waals surface area contributed by atoms with Crippen molar-refractivity contribution in [3.8, 4) is 0 Å². The average molecular weight is 485 g/mol. The number of carbonyl (C=O) groups excluding carboxylic acids is 2. The molecule has 0 spiro atoms. The summed E-state index contributed by atoms with van der Waals surface area (Å²) in [5, 5.41) is 14.3. The number of fused-ring (bicyclic) bond motifs is 3. The topological polar surface area (TPSA) is 88.4 Å². The molecule has 3 aromatic carbocycles. The lowest BCUT2D eigenvalue weighted by Gasteiger charge is -2.24. The predicted octanol–water partition coefficient (Wildman–Crippen LogP) is 5.83. The number of anilines is 1. The van der Waals surface area contributed by atoms with Gasteiger partial charge in [-0.1, -0.05) is 48.6 Å². The van der Waals surface area contributed by atoms with Crippen LogP contribution in [0, 0.1) is 11.8 Å². The van der Waals surface area contributed by atoms with E-state index < -0.39 is 17.8 Å². The number of allylic oxidation sites excluding steroid dienone is 2. The molecular weight excluding hydrogens is 460 g/mol. The first kappa shape index (κ1) is 22.9. The van der Waals surface area contributed by atoms with Gasteiger partial charge in [0.25, 0.3) is 0 Å². The summed E-state index contributed by atoms with van der Waals surface area (Å²) >= 11 is 1.43. The van der Waals surface area contributed by atoms with E-state index in [0.717, 1.165) is 26.7 Å². The molecule has 176 valence electrons. The van der Waals surface area contributed by atoms with E-state index in [1.54, 1.807) is 16.7 Å². The number of hydrogen-bond donors (Lipinski definition) is 2. The smallest absolute Gasteiger partial charge is 0.307 e. The van der Waals surface area contributed by atoms with Gasteiger partial charge in [0.2, 0.25) is 11.8 Å². The fourth-order valence-corrected chi connectivity index (χ4v) is 5.39. The number of carboxylic acid groups (broad SMARTS) is 1. The number of carbonyl (C=O) groups is 3. The number of benzene rings is 3. The Morgan fingerprint density at radius 2 is 1.40 bits per heavy atom. The quantitative estimate of drug-likeness (QED) is 0.265. The molecule has 0 saturated carbocycles. The molecule has 35 heavy (non-hydrogen) atoms. The Labute approximate surface area is 206 Å². The van der Waals surface area contributed by atoms with Gasteiger partial charge in [-0.2, -0.15) is 0 Å². The predicted molar refractivity (Wildman–Crippen MR) is 139 cm³/mol. The van der Waals surface area contributed by atoms with E-state index >= 15 is 0 Å². The summed E-state index contributed by atoms with van der Waals surface area (Å²) < 4.78 is 1.78. The summed E-state index contributed by atoms with van der Waals surface area (Å²) in [4.78, 5) is 38.3. The van der Waals surface area contributed by atoms with Crippen LogP contribution in [-0.4, -0.2) is 33.2 Å². The van der Waals surface area contributed by atoms with Gasteiger partial charge in [0.15, 0.2) is 0 Å². The molecule has 1 amide bonds. The van der Waals surface area contributed by atoms with Crippen molar-refractivity contribution in [2.75, 3.05) is 11.1 Å². The first-order valence-electron chi connectivity index (χ1n) is 11.5. The number of hydrogen-bond acceptors (Lipinski definition) is 4. The van der Waals surface area contributed by atoms with Crippen molar-refractivity contribution in [3.63, 3.8) is 0 Å². The van der Waals surface area contributed by atoms with Crippen molar-refractivity contribution in [2.45, 2.75) is 17.7 Å². The number of aromatic nitrogens is 1. The molecule has 6 nitrogen and oxygen atoms in total. The molecule has 0 radical (unpaired) electrons. The molecule has 2 atom stereocenters. The highest BCUT2D eigenvalue weighted by molar-refractivity contribution is 8.00. The Bertz CT molecular complexity index is 1400. The third-order valence-corrected chi connectivity index (χ3v) is 7.40. The fourth-order valence-electron chi connectivity index (χ4n) is 4.65. The van der Waals surface area contributed by atoms with Crippen molar-refractivity contribution >= 4 is 57.0 Å². The molecule has 5 rings (SSSR count). The maximum atomic E-state index is 13.2. The van der Waals surface area contributed by atoms with Crippen molar-refractivity contribution in [1.82, 2.24) is 4.57 Å². The molecule has 0 fully saturated rings. The van der Waals surface area contributed by atoms with Crippen LogP contribution in [0.1, 0.15) is 17.6 Å². The standard InChI is InChI=1S/C28H24N2O4S/c31-26(30-24-11-5-3-7-20(24)21-8-4-6-12-25(21)30)17-35-19-15-13-18(14-16-19)29-27(32)22-9-1-2-10-23(22)28(33)34/h1-8,11-16,22-23H,9-10,17H2,(H,29,32)(H,33,34). The van der Waals surface area contributed by atoms with Gasteiger partial charge >= 0.3 is 5.97 Å². The minimum absolute atomic E-state index is 0.00477. The number of amides is 1. The minimum Gasteiger partial charge on any atom is -0.481 e. The van der Waals surface area contributed by atoms with Crippen LogP contribution >= 0.6 is 11.8 Å². The lowest BCUT2D eigenvalue weighted by atomic mass is 9.82. The highest BCUT2D eigenvalue weighted by Crippen LogP contribution is 2.30. The van der Waals surface area contributed by atoms with E-state index in [9.17, 15) is 19.5 Å². The Balaban J connectivity index is 1.26. The molecule has 1 aromatic heterocycles. The largest absolute Gasteiger partial charge is 0.481 e. The molecule has 2 N–H and O–H groups in total. The molecule has 2 unspecified atom stereocenters. The second-order valence-electron chi connectivity index (χ2n) is 8.56. The number of carboxylic acids is 1. The first-order valence-corrected chi connectivity index (χ1v) is 12.4. The van der Waals surface area contributed by atoms with Crippen molar-refractivity contribution < 1.29 is 19.5 Å². The summed E-state index contributed by atoms with van der Waals surface area (Å²) in [6, 6.07) is 23.1. The molecule has 1 aliphatic carbocycles. The third kappa shape index (κ3) is 4.59. The van der Waals surface area contributed by atoms with Crippen LogP contribution in [0.15, 0.2) is 89.8 Å². The number of rotatable bonds is 6. The molecule has 1 heterocycles. The number of nitrogens with zero attached hydrogens (tertiary/aromatic N) is 1. The molecular formula is C28H24N2O4S. The fraction of sp³-hybridized carbons (Fsp3) is 0.179. The third-order valence-electron chi connectivity index (χ3n) is 6.40. The van der Waals surface area contributed by atoms with Crippen LogP contribution in [0.4, 0.5) is 5.69 Å². The first-order chi connectivity index (χ1) is 17.0. The van der Waals surface area contributed by atoms with Gasteiger partial charge in [-0.15, -0.1) is 11.8 Å². The lowest BCUT2D eigenvalue weighted by molar-refractivity contribution is -0.146. The van der Waals surface area contributed by atoms with Gasteiger partial charge in [-0.3, -0.25) is 19.0 Å². The van der Waals surface area contributed by atoms with Gasteiger partial charge in [-0.25, -0.2) is 0 Å². The SMILES string of the molecule is O=C(O)C1CC=CCC1C(=O)Nc1ccc(SCC(=O)n2c3ccccc3c3ccccc32)cc1. The molecule has 1 aliphatic rings. The van der Waals surface area contributed by atoms with Crippen molar-refractivity contribution in [2.24, 2.45) is 11.8 Å². The highest BCUT2D eigenvalue weighted by atomic mass is 32.2. The normalized spacial score (nSPS) is 17.5. The molecule has 0 aliphatic heterocycles. The van der Waals surface area contributed by atoms with E-state index in [1.165, 1.54) is 11.8 Å². The molecule has 0 bridgehead atoms. The van der Waals surface area contributed by atoms with E-state index in [1.807, 2.05) is 72.8 Å². The number of aliphatic carboxylic acids is 1. The van der Waals surface area contributed by atoms with Crippen LogP contribution in [0.25, 0.3) is 21.8 Å². The molecule has 7 heteroatoms. The van der Waals surface area contributed by atoms with Crippen molar-refractivity contribution in [3.05, 3.63) is 84.9 Å². The second-order valence-corrected chi connectivity index (χ2v) is 9.61. The zero-order valence-corrected chi connectivity index (χ0v) is 19.7. The van der Waals surface area contributed by atoms with Crippen LogP contribution in [-0.2, 0) is 9.59 Å². The molecule has 0 saturated heterocycles. The Kier molecular flexibility index (Phi) is 6.42.